The van der Waals surface area contributed by atoms with E-state index >= 15 is 0 Å². The van der Waals surface area contributed by atoms with Crippen molar-refractivity contribution in [2.45, 2.75) is 70.1 Å². The molecule has 194 valence electrons. The Labute approximate surface area is 225 Å². The highest BCUT2D eigenvalue weighted by molar-refractivity contribution is 6.33. The monoisotopic (exact) mass is 517 g/mol. The average molecular weight is 518 g/mol. The van der Waals surface area contributed by atoms with E-state index in [4.69, 9.17) is 11.6 Å². The van der Waals surface area contributed by atoms with Gasteiger partial charge in [-0.2, -0.15) is 0 Å². The summed E-state index contributed by atoms with van der Waals surface area (Å²) >= 11 is 6.27. The van der Waals surface area contributed by atoms with Crippen molar-refractivity contribution in [2.75, 3.05) is 0 Å². The van der Waals surface area contributed by atoms with Crippen LogP contribution in [0.25, 0.3) is 11.1 Å². The number of hydrogen-bond acceptors (Lipinski definition) is 3. The van der Waals surface area contributed by atoms with Crippen LogP contribution in [0.2, 0.25) is 5.02 Å². The van der Waals surface area contributed by atoms with Crippen molar-refractivity contribution in [3.8, 4) is 11.1 Å². The Hall–Kier alpha value is -3.15. The van der Waals surface area contributed by atoms with Gasteiger partial charge in [0.05, 0.1) is 10.6 Å². The predicted molar refractivity (Wildman–Crippen MR) is 151 cm³/mol. The lowest BCUT2D eigenvalue weighted by atomic mass is 9.79. The van der Waals surface area contributed by atoms with Gasteiger partial charge in [-0.05, 0) is 69.4 Å². The molecule has 1 atom stereocenters. The van der Waals surface area contributed by atoms with Crippen molar-refractivity contribution in [2.24, 2.45) is 0 Å². The van der Waals surface area contributed by atoms with Crippen molar-refractivity contribution in [1.29, 1.82) is 0 Å². The van der Waals surface area contributed by atoms with Crippen molar-refractivity contribution in [3.63, 3.8) is 0 Å². The largest absolute Gasteiger partial charge is 0.351 e. The van der Waals surface area contributed by atoms with E-state index < -0.39 is 6.04 Å². The standard InChI is InChI=1S/C31H36ClN3O2/c1-30(2)19-24(20-31(3,4)35-30)33-29(37)27(34-28(36)25-12-8-9-13-26(25)32)18-21-14-16-23(17-15-21)22-10-6-5-7-11-22/h5-17,24,27,35H,18-20H2,1-4H3,(H,33,37)(H,34,36). The van der Waals surface area contributed by atoms with Crippen LogP contribution in [0.4, 0.5) is 0 Å². The van der Waals surface area contributed by atoms with Gasteiger partial charge in [-0.15, -0.1) is 0 Å². The molecule has 3 N–H and O–H groups in total. The van der Waals surface area contributed by atoms with Gasteiger partial charge in [-0.25, -0.2) is 0 Å². The van der Waals surface area contributed by atoms with Crippen molar-refractivity contribution >= 4 is 23.4 Å². The highest BCUT2D eigenvalue weighted by atomic mass is 35.5. The number of amides is 2. The molecule has 0 aromatic heterocycles. The van der Waals surface area contributed by atoms with E-state index in [1.54, 1.807) is 24.3 Å². The minimum absolute atomic E-state index is 0.000998. The first kappa shape index (κ1) is 26.9. The maximum Gasteiger partial charge on any atom is 0.253 e. The summed E-state index contributed by atoms with van der Waals surface area (Å²) in [6.07, 6.45) is 1.98. The molecular weight excluding hydrogens is 482 g/mol. The number of halogens is 1. The van der Waals surface area contributed by atoms with Gasteiger partial charge in [0.15, 0.2) is 0 Å². The number of benzene rings is 3. The molecule has 1 unspecified atom stereocenters. The quantitative estimate of drug-likeness (QED) is 0.372. The second-order valence-electron chi connectivity index (χ2n) is 11.3. The van der Waals surface area contributed by atoms with Gasteiger partial charge >= 0.3 is 0 Å². The van der Waals surface area contributed by atoms with Crippen LogP contribution in [0.15, 0.2) is 78.9 Å². The maximum absolute atomic E-state index is 13.6. The van der Waals surface area contributed by atoms with Crippen LogP contribution in [0, 0.1) is 0 Å². The van der Waals surface area contributed by atoms with Gasteiger partial charge in [-0.1, -0.05) is 78.3 Å². The first-order valence-corrected chi connectivity index (χ1v) is 13.2. The van der Waals surface area contributed by atoms with Crippen LogP contribution in [0.3, 0.4) is 0 Å². The van der Waals surface area contributed by atoms with Crippen LogP contribution in [0.1, 0.15) is 56.5 Å². The van der Waals surface area contributed by atoms with E-state index in [1.807, 2.05) is 42.5 Å². The fourth-order valence-electron chi connectivity index (χ4n) is 5.52. The highest BCUT2D eigenvalue weighted by Gasteiger charge is 2.39. The Morgan fingerprint density at radius 2 is 1.43 bits per heavy atom. The fourth-order valence-corrected chi connectivity index (χ4v) is 5.74. The molecule has 0 spiro atoms. The molecule has 1 aliphatic heterocycles. The second kappa shape index (κ2) is 11.1. The summed E-state index contributed by atoms with van der Waals surface area (Å²) in [4.78, 5) is 26.7. The summed E-state index contributed by atoms with van der Waals surface area (Å²) in [5.41, 5.74) is 3.33. The van der Waals surface area contributed by atoms with Gasteiger partial charge in [0, 0.05) is 23.5 Å². The average Bonchev–Trinajstić information content (AvgIpc) is 2.83. The molecule has 1 heterocycles. The van der Waals surface area contributed by atoms with E-state index in [-0.39, 0.29) is 28.9 Å². The lowest BCUT2D eigenvalue weighted by molar-refractivity contribution is -0.124. The van der Waals surface area contributed by atoms with E-state index in [1.165, 1.54) is 0 Å². The normalized spacial score (nSPS) is 17.5. The molecule has 0 radical (unpaired) electrons. The third kappa shape index (κ3) is 7.21. The van der Waals surface area contributed by atoms with Gasteiger partial charge in [0.2, 0.25) is 5.91 Å². The molecule has 3 aromatic carbocycles. The maximum atomic E-state index is 13.6. The van der Waals surface area contributed by atoms with Crippen molar-refractivity contribution < 1.29 is 9.59 Å². The summed E-state index contributed by atoms with van der Waals surface area (Å²) < 4.78 is 0. The van der Waals surface area contributed by atoms with E-state index in [2.05, 4.69) is 55.8 Å². The predicted octanol–water partition coefficient (Wildman–Crippen LogP) is 5.77. The molecule has 6 heteroatoms. The first-order valence-electron chi connectivity index (χ1n) is 12.8. The number of carbonyl (C=O) groups excluding carboxylic acids is 2. The lowest BCUT2D eigenvalue weighted by Gasteiger charge is -2.46. The number of rotatable bonds is 7. The molecular formula is C31H36ClN3O2. The molecule has 4 rings (SSSR count). The lowest BCUT2D eigenvalue weighted by Crippen LogP contribution is -2.63. The van der Waals surface area contributed by atoms with E-state index in [9.17, 15) is 9.59 Å². The third-order valence-corrected chi connectivity index (χ3v) is 7.11. The number of piperidine rings is 1. The fraction of sp³-hybridized carbons (Fsp3) is 0.355. The molecule has 5 nitrogen and oxygen atoms in total. The third-order valence-electron chi connectivity index (χ3n) is 6.78. The minimum atomic E-state index is -0.743. The topological polar surface area (TPSA) is 70.2 Å². The first-order chi connectivity index (χ1) is 17.5. The zero-order valence-electron chi connectivity index (χ0n) is 22.0. The molecule has 1 fully saturated rings. The highest BCUT2D eigenvalue weighted by Crippen LogP contribution is 2.28. The number of carbonyl (C=O) groups is 2. The number of hydrogen-bond donors (Lipinski definition) is 3. The Balaban J connectivity index is 1.54. The van der Waals surface area contributed by atoms with Crippen LogP contribution in [-0.4, -0.2) is 35.0 Å². The van der Waals surface area contributed by atoms with E-state index in [0.29, 0.717) is 17.0 Å². The smallest absolute Gasteiger partial charge is 0.253 e. The van der Waals surface area contributed by atoms with E-state index in [0.717, 1.165) is 29.5 Å². The molecule has 3 aromatic rings. The van der Waals surface area contributed by atoms with Gasteiger partial charge < -0.3 is 16.0 Å². The Kier molecular flexibility index (Phi) is 8.05. The molecule has 2 amide bonds. The van der Waals surface area contributed by atoms with Crippen molar-refractivity contribution in [1.82, 2.24) is 16.0 Å². The Morgan fingerprint density at radius 3 is 2.05 bits per heavy atom. The van der Waals surface area contributed by atoms with Gasteiger partial charge in [0.25, 0.3) is 5.91 Å². The summed E-state index contributed by atoms with van der Waals surface area (Å²) in [5, 5.41) is 10.2. The molecule has 1 saturated heterocycles. The SMILES string of the molecule is CC1(C)CC(NC(=O)C(Cc2ccc(-c3ccccc3)cc2)NC(=O)c2ccccc2Cl)CC(C)(C)N1. The van der Waals surface area contributed by atoms with Gasteiger partial charge in [-0.3, -0.25) is 9.59 Å². The Morgan fingerprint density at radius 1 is 0.865 bits per heavy atom. The van der Waals surface area contributed by atoms with Crippen LogP contribution in [0.5, 0.6) is 0 Å². The summed E-state index contributed by atoms with van der Waals surface area (Å²) in [7, 11) is 0. The molecule has 0 saturated carbocycles. The number of nitrogens with one attached hydrogen (secondary N) is 3. The molecule has 1 aliphatic rings. The van der Waals surface area contributed by atoms with Crippen molar-refractivity contribution in [3.05, 3.63) is 95.0 Å². The van der Waals surface area contributed by atoms with Gasteiger partial charge in [0.1, 0.15) is 6.04 Å². The molecule has 0 bridgehead atoms. The minimum Gasteiger partial charge on any atom is -0.351 e. The second-order valence-corrected chi connectivity index (χ2v) is 11.7. The Bertz CT molecular complexity index is 1220. The zero-order valence-corrected chi connectivity index (χ0v) is 22.7. The molecule has 37 heavy (non-hydrogen) atoms. The van der Waals surface area contributed by atoms with Crippen LogP contribution >= 0.6 is 11.6 Å². The molecule has 0 aliphatic carbocycles. The summed E-state index contributed by atoms with van der Waals surface area (Å²) in [5.74, 6) is -0.552. The summed E-state index contributed by atoms with van der Waals surface area (Å²) in [6.45, 7) is 8.60. The zero-order chi connectivity index (χ0) is 26.6. The van der Waals surface area contributed by atoms with Crippen LogP contribution in [-0.2, 0) is 11.2 Å². The van der Waals surface area contributed by atoms with Crippen LogP contribution < -0.4 is 16.0 Å². The summed E-state index contributed by atoms with van der Waals surface area (Å²) in [6, 6.07) is 24.4.